The van der Waals surface area contributed by atoms with Gasteiger partial charge in [-0.05, 0) is 43.6 Å². The third-order valence-electron chi connectivity index (χ3n) is 4.44. The number of nitrogens with one attached hydrogen (secondary N) is 1. The molecular formula is C16H23FN2O. The van der Waals surface area contributed by atoms with E-state index in [-0.39, 0.29) is 18.0 Å². The summed E-state index contributed by atoms with van der Waals surface area (Å²) in [5.41, 5.74) is 1.11. The summed E-state index contributed by atoms with van der Waals surface area (Å²) in [5.74, 6) is -0.187. The van der Waals surface area contributed by atoms with Gasteiger partial charge in [0.05, 0.1) is 18.8 Å². The second kappa shape index (κ2) is 6.20. The van der Waals surface area contributed by atoms with Crippen molar-refractivity contribution < 1.29 is 9.13 Å². The Morgan fingerprint density at radius 2 is 2.20 bits per heavy atom. The predicted octanol–water partition coefficient (Wildman–Crippen LogP) is 2.34. The molecule has 110 valence electrons. The lowest BCUT2D eigenvalue weighted by Gasteiger charge is -2.39. The van der Waals surface area contributed by atoms with E-state index in [1.807, 2.05) is 12.1 Å². The van der Waals surface area contributed by atoms with Gasteiger partial charge in [0.25, 0.3) is 0 Å². The SMILES string of the molecule is CCNC(c1ccc(F)cc1)C1CN2CCCC2CO1. The maximum absolute atomic E-state index is 13.1. The summed E-state index contributed by atoms with van der Waals surface area (Å²) in [6.45, 7) is 5.96. The lowest BCUT2D eigenvalue weighted by molar-refractivity contribution is -0.0650. The number of benzene rings is 1. The molecule has 4 heteroatoms. The first kappa shape index (κ1) is 14.0. The van der Waals surface area contributed by atoms with Crippen LogP contribution in [0.5, 0.6) is 0 Å². The van der Waals surface area contributed by atoms with Crippen LogP contribution >= 0.6 is 0 Å². The second-order valence-corrected chi connectivity index (χ2v) is 5.75. The molecule has 2 aliphatic rings. The number of nitrogens with zero attached hydrogens (tertiary/aromatic N) is 1. The Labute approximate surface area is 120 Å². The first-order valence-corrected chi connectivity index (χ1v) is 7.62. The highest BCUT2D eigenvalue weighted by Gasteiger charge is 2.36. The van der Waals surface area contributed by atoms with Crippen molar-refractivity contribution in [1.82, 2.24) is 10.2 Å². The van der Waals surface area contributed by atoms with Gasteiger partial charge in [-0.3, -0.25) is 4.90 Å². The Kier molecular flexibility index (Phi) is 4.34. The van der Waals surface area contributed by atoms with E-state index >= 15 is 0 Å². The molecule has 1 aromatic carbocycles. The summed E-state index contributed by atoms with van der Waals surface area (Å²) in [5, 5.41) is 3.49. The molecule has 3 atom stereocenters. The van der Waals surface area contributed by atoms with Gasteiger partial charge >= 0.3 is 0 Å². The largest absolute Gasteiger partial charge is 0.373 e. The third-order valence-corrected chi connectivity index (χ3v) is 4.44. The van der Waals surface area contributed by atoms with E-state index in [1.54, 1.807) is 0 Å². The number of fused-ring (bicyclic) bond motifs is 1. The van der Waals surface area contributed by atoms with Crippen molar-refractivity contribution in [2.45, 2.75) is 38.0 Å². The number of hydrogen-bond donors (Lipinski definition) is 1. The highest BCUT2D eigenvalue weighted by Crippen LogP contribution is 2.28. The van der Waals surface area contributed by atoms with E-state index < -0.39 is 0 Å². The van der Waals surface area contributed by atoms with Crippen LogP contribution in [0.15, 0.2) is 24.3 Å². The van der Waals surface area contributed by atoms with E-state index in [4.69, 9.17) is 4.74 Å². The molecule has 0 aromatic heterocycles. The van der Waals surface area contributed by atoms with Crippen molar-refractivity contribution in [1.29, 1.82) is 0 Å². The van der Waals surface area contributed by atoms with Crippen LogP contribution in [0.25, 0.3) is 0 Å². The average Bonchev–Trinajstić information content (AvgIpc) is 2.93. The number of ether oxygens (including phenoxy) is 1. The van der Waals surface area contributed by atoms with Gasteiger partial charge in [-0.2, -0.15) is 0 Å². The van der Waals surface area contributed by atoms with Crippen LogP contribution in [-0.4, -0.2) is 43.3 Å². The molecule has 0 spiro atoms. The average molecular weight is 278 g/mol. The molecular weight excluding hydrogens is 255 g/mol. The number of halogens is 1. The summed E-state index contributed by atoms with van der Waals surface area (Å²) in [4.78, 5) is 2.54. The highest BCUT2D eigenvalue weighted by molar-refractivity contribution is 5.21. The van der Waals surface area contributed by atoms with Crippen LogP contribution in [0.2, 0.25) is 0 Å². The molecule has 1 aromatic rings. The van der Waals surface area contributed by atoms with Crippen molar-refractivity contribution >= 4 is 0 Å². The van der Waals surface area contributed by atoms with Gasteiger partial charge in [0.15, 0.2) is 0 Å². The molecule has 3 nitrogen and oxygen atoms in total. The molecule has 0 aliphatic carbocycles. The summed E-state index contributed by atoms with van der Waals surface area (Å²) in [6.07, 6.45) is 2.69. The lowest BCUT2D eigenvalue weighted by atomic mass is 9.99. The molecule has 0 bridgehead atoms. The van der Waals surface area contributed by atoms with E-state index in [0.29, 0.717) is 6.04 Å². The second-order valence-electron chi connectivity index (χ2n) is 5.75. The van der Waals surface area contributed by atoms with Gasteiger partial charge in [0, 0.05) is 12.6 Å². The van der Waals surface area contributed by atoms with Gasteiger partial charge < -0.3 is 10.1 Å². The fourth-order valence-electron chi connectivity index (χ4n) is 3.40. The Hall–Kier alpha value is -0.970. The van der Waals surface area contributed by atoms with Gasteiger partial charge in [0.1, 0.15) is 5.82 Å². The first-order chi connectivity index (χ1) is 9.78. The summed E-state index contributed by atoms with van der Waals surface area (Å²) >= 11 is 0. The monoisotopic (exact) mass is 278 g/mol. The van der Waals surface area contributed by atoms with Gasteiger partial charge in [-0.1, -0.05) is 19.1 Å². The highest BCUT2D eigenvalue weighted by atomic mass is 19.1. The van der Waals surface area contributed by atoms with E-state index in [9.17, 15) is 4.39 Å². The molecule has 2 heterocycles. The standard InChI is InChI=1S/C16H23FN2O/c1-2-18-16(12-5-7-13(17)8-6-12)15-10-19-9-3-4-14(19)11-20-15/h5-8,14-16,18H,2-4,9-11H2,1H3. The van der Waals surface area contributed by atoms with Crippen molar-refractivity contribution in [2.75, 3.05) is 26.2 Å². The van der Waals surface area contributed by atoms with Gasteiger partial charge in [-0.25, -0.2) is 4.39 Å². The molecule has 3 unspecified atom stereocenters. The number of morpholine rings is 1. The Morgan fingerprint density at radius 3 is 2.95 bits per heavy atom. The Balaban J connectivity index is 1.74. The molecule has 0 radical (unpaired) electrons. The molecule has 2 saturated heterocycles. The van der Waals surface area contributed by atoms with Gasteiger partial charge in [-0.15, -0.1) is 0 Å². The van der Waals surface area contributed by atoms with Gasteiger partial charge in [0.2, 0.25) is 0 Å². The molecule has 0 amide bonds. The molecule has 20 heavy (non-hydrogen) atoms. The summed E-state index contributed by atoms with van der Waals surface area (Å²) < 4.78 is 19.2. The molecule has 0 saturated carbocycles. The minimum atomic E-state index is -0.187. The number of likely N-dealkylation sites (N-methyl/N-ethyl adjacent to an activating group) is 1. The molecule has 2 aliphatic heterocycles. The third kappa shape index (κ3) is 2.87. The lowest BCUT2D eigenvalue weighted by Crippen LogP contribution is -2.50. The normalized spacial score (nSPS) is 28.3. The van der Waals surface area contributed by atoms with E-state index in [2.05, 4.69) is 17.1 Å². The fraction of sp³-hybridized carbons (Fsp3) is 0.625. The molecule has 1 N–H and O–H groups in total. The fourth-order valence-corrected chi connectivity index (χ4v) is 3.40. The van der Waals surface area contributed by atoms with Crippen molar-refractivity contribution in [3.05, 3.63) is 35.6 Å². The van der Waals surface area contributed by atoms with E-state index in [1.165, 1.54) is 31.5 Å². The van der Waals surface area contributed by atoms with Crippen LogP contribution in [0.1, 0.15) is 31.4 Å². The van der Waals surface area contributed by atoms with Crippen LogP contribution < -0.4 is 5.32 Å². The van der Waals surface area contributed by atoms with Crippen molar-refractivity contribution in [3.63, 3.8) is 0 Å². The summed E-state index contributed by atoms with van der Waals surface area (Å²) in [7, 11) is 0. The zero-order chi connectivity index (χ0) is 13.9. The van der Waals surface area contributed by atoms with Crippen LogP contribution in [0.4, 0.5) is 4.39 Å². The van der Waals surface area contributed by atoms with Crippen LogP contribution in [-0.2, 0) is 4.74 Å². The quantitative estimate of drug-likeness (QED) is 0.915. The minimum Gasteiger partial charge on any atom is -0.373 e. The zero-order valence-electron chi connectivity index (χ0n) is 12.0. The number of rotatable bonds is 4. The topological polar surface area (TPSA) is 24.5 Å². The van der Waals surface area contributed by atoms with Crippen molar-refractivity contribution in [2.24, 2.45) is 0 Å². The Bertz CT molecular complexity index is 437. The predicted molar refractivity (Wildman–Crippen MR) is 77.2 cm³/mol. The molecule has 3 rings (SSSR count). The smallest absolute Gasteiger partial charge is 0.123 e. The zero-order valence-corrected chi connectivity index (χ0v) is 12.0. The molecule has 2 fully saturated rings. The summed E-state index contributed by atoms with van der Waals surface area (Å²) in [6, 6.07) is 7.54. The van der Waals surface area contributed by atoms with Crippen molar-refractivity contribution in [3.8, 4) is 0 Å². The van der Waals surface area contributed by atoms with Crippen LogP contribution in [0.3, 0.4) is 0 Å². The maximum atomic E-state index is 13.1. The van der Waals surface area contributed by atoms with E-state index in [0.717, 1.165) is 25.3 Å². The van der Waals surface area contributed by atoms with Crippen LogP contribution in [0, 0.1) is 5.82 Å². The minimum absolute atomic E-state index is 0.141. The Morgan fingerprint density at radius 1 is 1.40 bits per heavy atom. The number of hydrogen-bond acceptors (Lipinski definition) is 3. The maximum Gasteiger partial charge on any atom is 0.123 e. The first-order valence-electron chi connectivity index (χ1n) is 7.62.